The number of benzene rings is 1. The molecule has 15 heavy (non-hydrogen) atoms. The number of allylic oxidation sites excluding steroid dienone is 1. The van der Waals surface area contributed by atoms with Crippen LogP contribution < -0.4 is 0 Å². The van der Waals surface area contributed by atoms with Gasteiger partial charge in [-0.3, -0.25) is 0 Å². The molecule has 0 aliphatic heterocycles. The predicted molar refractivity (Wildman–Crippen MR) is 59.6 cm³/mol. The van der Waals surface area contributed by atoms with Crippen molar-refractivity contribution in [2.45, 2.75) is 6.18 Å². The van der Waals surface area contributed by atoms with E-state index in [0.717, 1.165) is 34.7 Å². The normalized spacial score (nSPS) is 13.7. The maximum Gasteiger partial charge on any atom is 0.420 e. The fraction of sp³-hybridized carbons (Fsp3) is 0.111. The van der Waals surface area contributed by atoms with E-state index in [0.29, 0.717) is 5.02 Å². The van der Waals surface area contributed by atoms with E-state index in [9.17, 15) is 17.6 Å². The Labute approximate surface area is 102 Å². The first-order valence-electron chi connectivity index (χ1n) is 3.71. The second-order valence-corrected chi connectivity index (χ2v) is 4.02. The predicted octanol–water partition coefficient (Wildman–Crippen LogP) is 4.98. The van der Waals surface area contributed by atoms with E-state index in [4.69, 9.17) is 11.6 Å². The molecule has 0 aliphatic carbocycles. The van der Waals surface area contributed by atoms with Gasteiger partial charge in [-0.2, -0.15) is 17.6 Å². The Balaban J connectivity index is 3.25. The van der Waals surface area contributed by atoms with Crippen LogP contribution in [0.25, 0.3) is 5.57 Å². The maximum absolute atomic E-state index is 12.8. The van der Waals surface area contributed by atoms with Crippen molar-refractivity contribution in [3.63, 3.8) is 0 Å². The Bertz CT molecular complexity index is 376. The summed E-state index contributed by atoms with van der Waals surface area (Å²) in [4.78, 5) is 0. The third kappa shape index (κ3) is 3.34. The topological polar surface area (TPSA) is 0 Å². The lowest BCUT2D eigenvalue weighted by Gasteiger charge is -2.11. The quantitative estimate of drug-likeness (QED) is 0.495. The molecule has 0 saturated carbocycles. The average molecular weight is 350 g/mol. The van der Waals surface area contributed by atoms with E-state index in [2.05, 4.69) is 0 Å². The summed E-state index contributed by atoms with van der Waals surface area (Å²) in [5.74, 6) is 0. The van der Waals surface area contributed by atoms with Gasteiger partial charge in [0, 0.05) is 5.02 Å². The smallest absolute Gasteiger partial charge is 0.199 e. The largest absolute Gasteiger partial charge is 0.420 e. The second kappa shape index (κ2) is 4.69. The summed E-state index contributed by atoms with van der Waals surface area (Å²) in [6.45, 7) is 0. The number of alkyl halides is 3. The van der Waals surface area contributed by atoms with E-state index in [1.165, 1.54) is 12.1 Å². The number of hydrogen-bond donors (Lipinski definition) is 0. The van der Waals surface area contributed by atoms with Crippen LogP contribution in [0.2, 0.25) is 5.02 Å². The first-order valence-corrected chi connectivity index (χ1v) is 5.16. The van der Waals surface area contributed by atoms with Crippen molar-refractivity contribution < 1.29 is 17.6 Å². The molecule has 0 aliphatic rings. The summed E-state index contributed by atoms with van der Waals surface area (Å²) in [7, 11) is 0. The van der Waals surface area contributed by atoms with E-state index >= 15 is 0 Å². The van der Waals surface area contributed by atoms with Crippen molar-refractivity contribution >= 4 is 39.8 Å². The fourth-order valence-corrected chi connectivity index (χ4v) is 1.74. The van der Waals surface area contributed by atoms with Crippen LogP contribution >= 0.6 is 34.2 Å². The van der Waals surface area contributed by atoms with E-state index in [1.54, 1.807) is 0 Å². The zero-order valence-corrected chi connectivity index (χ0v) is 9.99. The monoisotopic (exact) mass is 350 g/mol. The summed E-state index contributed by atoms with van der Waals surface area (Å²) in [5.41, 5.74) is -1.52. The SMILES string of the molecule is F/C(I)=C(\c1ccc(Cl)cc1)C(F)(F)F. The van der Waals surface area contributed by atoms with Gasteiger partial charge < -0.3 is 0 Å². The molecule has 1 aromatic rings. The maximum atomic E-state index is 12.8. The summed E-state index contributed by atoms with van der Waals surface area (Å²) >= 11 is 6.52. The fourth-order valence-electron chi connectivity index (χ4n) is 0.996. The van der Waals surface area contributed by atoms with Crippen molar-refractivity contribution in [1.82, 2.24) is 0 Å². The minimum absolute atomic E-state index is 0.237. The summed E-state index contributed by atoms with van der Waals surface area (Å²) in [6, 6.07) is 4.82. The second-order valence-electron chi connectivity index (χ2n) is 2.64. The lowest BCUT2D eigenvalue weighted by molar-refractivity contribution is -0.0695. The molecule has 1 rings (SSSR count). The molecule has 6 heteroatoms. The van der Waals surface area contributed by atoms with Gasteiger partial charge in [0.1, 0.15) is 5.57 Å². The van der Waals surface area contributed by atoms with Crippen LogP contribution in [0.3, 0.4) is 0 Å². The minimum Gasteiger partial charge on any atom is -0.199 e. The molecule has 1 aromatic carbocycles. The molecule has 0 amide bonds. The Hall–Kier alpha value is -0.300. The molecule has 0 aromatic heterocycles. The van der Waals surface area contributed by atoms with Crippen LogP contribution in [0, 0.1) is 0 Å². The molecule has 0 bridgehead atoms. The summed E-state index contributed by atoms with van der Waals surface area (Å²) in [5, 5.41) is 0.300. The lowest BCUT2D eigenvalue weighted by atomic mass is 10.1. The van der Waals surface area contributed by atoms with Crippen molar-refractivity contribution in [2.75, 3.05) is 0 Å². The van der Waals surface area contributed by atoms with Gasteiger partial charge in [0.25, 0.3) is 0 Å². The van der Waals surface area contributed by atoms with E-state index in [-0.39, 0.29) is 5.56 Å². The molecule has 0 heterocycles. The highest BCUT2D eigenvalue weighted by atomic mass is 127. The standard InChI is InChI=1S/C9H4ClF4I/c10-6-3-1-5(2-4-6)7(8(11)15)9(12,13)14/h1-4H/b8-7-. The number of halogens is 6. The lowest BCUT2D eigenvalue weighted by Crippen LogP contribution is -2.11. The Morgan fingerprint density at radius 3 is 1.93 bits per heavy atom. The molecular weight excluding hydrogens is 346 g/mol. The van der Waals surface area contributed by atoms with Gasteiger partial charge in [0.15, 0.2) is 3.83 Å². The zero-order valence-electron chi connectivity index (χ0n) is 7.08. The van der Waals surface area contributed by atoms with Crippen molar-refractivity contribution in [2.24, 2.45) is 0 Å². The molecule has 82 valence electrons. The number of rotatable bonds is 1. The Morgan fingerprint density at radius 1 is 1.13 bits per heavy atom. The number of hydrogen-bond acceptors (Lipinski definition) is 0. The average Bonchev–Trinajstić information content (AvgIpc) is 2.05. The van der Waals surface area contributed by atoms with Crippen LogP contribution in [-0.2, 0) is 0 Å². The molecule has 0 radical (unpaired) electrons. The highest BCUT2D eigenvalue weighted by Crippen LogP contribution is 2.39. The molecule has 0 N–H and O–H groups in total. The molecular formula is C9H4ClF4I. The van der Waals surface area contributed by atoms with Gasteiger partial charge in [-0.05, 0) is 40.3 Å². The molecule has 0 saturated heterocycles. The molecule has 0 atom stereocenters. The highest BCUT2D eigenvalue weighted by molar-refractivity contribution is 14.1. The van der Waals surface area contributed by atoms with Crippen LogP contribution in [-0.4, -0.2) is 6.18 Å². The third-order valence-electron chi connectivity index (χ3n) is 1.61. The van der Waals surface area contributed by atoms with Gasteiger partial charge >= 0.3 is 6.18 Å². The van der Waals surface area contributed by atoms with E-state index < -0.39 is 15.6 Å². The first-order chi connectivity index (χ1) is 6.82. The third-order valence-corrected chi connectivity index (χ3v) is 2.40. The minimum atomic E-state index is -4.71. The molecule has 0 spiro atoms. The van der Waals surface area contributed by atoms with Crippen molar-refractivity contribution in [3.8, 4) is 0 Å². The first kappa shape index (κ1) is 12.8. The Morgan fingerprint density at radius 2 is 1.60 bits per heavy atom. The Kier molecular flexibility index (Phi) is 3.99. The zero-order chi connectivity index (χ0) is 11.6. The molecule has 0 nitrogen and oxygen atoms in total. The van der Waals surface area contributed by atoms with Gasteiger partial charge in [-0.25, -0.2) is 0 Å². The molecule has 0 fully saturated rings. The molecule has 0 unspecified atom stereocenters. The van der Waals surface area contributed by atoms with Crippen LogP contribution in [0.15, 0.2) is 28.1 Å². The van der Waals surface area contributed by atoms with Crippen LogP contribution in [0.5, 0.6) is 0 Å². The van der Waals surface area contributed by atoms with E-state index in [1.807, 2.05) is 0 Å². The van der Waals surface area contributed by atoms with Crippen molar-refractivity contribution in [3.05, 3.63) is 38.7 Å². The summed E-state index contributed by atoms with van der Waals surface area (Å²) in [6.07, 6.45) is -4.71. The van der Waals surface area contributed by atoms with Gasteiger partial charge in [0.05, 0.1) is 0 Å². The van der Waals surface area contributed by atoms with Gasteiger partial charge in [-0.15, -0.1) is 0 Å². The summed E-state index contributed by atoms with van der Waals surface area (Å²) < 4.78 is 48.7. The van der Waals surface area contributed by atoms with Gasteiger partial charge in [-0.1, -0.05) is 23.7 Å². The van der Waals surface area contributed by atoms with Crippen molar-refractivity contribution in [1.29, 1.82) is 0 Å². The van der Waals surface area contributed by atoms with Crippen LogP contribution in [0.1, 0.15) is 5.56 Å². The van der Waals surface area contributed by atoms with Crippen LogP contribution in [0.4, 0.5) is 17.6 Å². The van der Waals surface area contributed by atoms with Gasteiger partial charge in [0.2, 0.25) is 0 Å². The highest BCUT2D eigenvalue weighted by Gasteiger charge is 2.37.